The van der Waals surface area contributed by atoms with Crippen molar-refractivity contribution in [3.63, 3.8) is 0 Å². The summed E-state index contributed by atoms with van der Waals surface area (Å²) < 4.78 is 1.89. The number of nitrogens with zero attached hydrogens (tertiary/aromatic N) is 5. The van der Waals surface area contributed by atoms with Gasteiger partial charge in [0, 0.05) is 60.2 Å². The predicted octanol–water partition coefficient (Wildman–Crippen LogP) is 4.49. The Morgan fingerprint density at radius 3 is 2.52 bits per heavy atom. The number of rotatable bonds is 4. The smallest absolute Gasteiger partial charge is 0.252 e. The summed E-state index contributed by atoms with van der Waals surface area (Å²) in [6, 6.07) is 10.4. The number of aromatic nitrogens is 3. The summed E-state index contributed by atoms with van der Waals surface area (Å²) in [5.74, 6) is 0.521. The van der Waals surface area contributed by atoms with Gasteiger partial charge in [0.25, 0.3) is 5.56 Å². The second-order valence-electron chi connectivity index (χ2n) is 10.2. The van der Waals surface area contributed by atoms with Crippen molar-refractivity contribution in [2.75, 3.05) is 36.9 Å². The first-order valence-electron chi connectivity index (χ1n) is 12.0. The van der Waals surface area contributed by atoms with E-state index in [1.165, 1.54) is 18.5 Å². The molecule has 2 aliphatic rings. The Morgan fingerprint density at radius 1 is 1.09 bits per heavy atom. The quantitative estimate of drug-likeness (QED) is 0.637. The largest absolute Gasteiger partial charge is 0.368 e. The Kier molecular flexibility index (Phi) is 5.60. The molecule has 1 aromatic carbocycles. The highest BCUT2D eigenvalue weighted by Crippen LogP contribution is 2.31. The second kappa shape index (κ2) is 8.45. The Hall–Kier alpha value is -2.93. The Bertz CT molecular complexity index is 1210. The Labute approximate surface area is 195 Å². The normalized spacial score (nSPS) is 19.3. The van der Waals surface area contributed by atoms with Gasteiger partial charge >= 0.3 is 0 Å². The molecule has 2 aromatic heterocycles. The van der Waals surface area contributed by atoms with Crippen LogP contribution in [-0.4, -0.2) is 51.7 Å². The first-order valence-corrected chi connectivity index (χ1v) is 12.0. The molecule has 33 heavy (non-hydrogen) atoms. The van der Waals surface area contributed by atoms with Crippen LogP contribution >= 0.6 is 0 Å². The number of nitrogens with one attached hydrogen (secondary N) is 1. The van der Waals surface area contributed by atoms with Gasteiger partial charge in [-0.1, -0.05) is 12.8 Å². The summed E-state index contributed by atoms with van der Waals surface area (Å²) in [6.07, 6.45) is 6.25. The maximum Gasteiger partial charge on any atom is 0.252 e. The van der Waals surface area contributed by atoms with E-state index in [4.69, 9.17) is 4.98 Å². The lowest BCUT2D eigenvalue weighted by Crippen LogP contribution is -2.57. The van der Waals surface area contributed by atoms with Crippen molar-refractivity contribution in [3.8, 4) is 0 Å². The number of hydrogen-bond donors (Lipinski definition) is 1. The van der Waals surface area contributed by atoms with Crippen molar-refractivity contribution in [1.82, 2.24) is 19.4 Å². The molecule has 174 valence electrons. The average Bonchev–Trinajstić information content (AvgIpc) is 3.30. The lowest BCUT2D eigenvalue weighted by molar-refractivity contribution is 0.139. The molecule has 3 aromatic rings. The van der Waals surface area contributed by atoms with Gasteiger partial charge in [0.1, 0.15) is 5.65 Å². The molecule has 0 radical (unpaired) electrons. The third-order valence-electron chi connectivity index (χ3n) is 7.49. The molecule has 1 N–H and O–H groups in total. The minimum atomic E-state index is 0.0380. The van der Waals surface area contributed by atoms with Crippen molar-refractivity contribution >= 4 is 28.4 Å². The monoisotopic (exact) mass is 446 g/mol. The van der Waals surface area contributed by atoms with Gasteiger partial charge in [-0.2, -0.15) is 4.98 Å². The van der Waals surface area contributed by atoms with E-state index in [1.807, 2.05) is 17.7 Å². The van der Waals surface area contributed by atoms with E-state index in [0.29, 0.717) is 5.95 Å². The molecule has 0 atom stereocenters. The summed E-state index contributed by atoms with van der Waals surface area (Å²) in [7, 11) is 2.20. The summed E-state index contributed by atoms with van der Waals surface area (Å²) in [6.45, 7) is 9.62. The van der Waals surface area contributed by atoms with Crippen LogP contribution in [0.5, 0.6) is 0 Å². The summed E-state index contributed by atoms with van der Waals surface area (Å²) >= 11 is 0. The van der Waals surface area contributed by atoms with E-state index in [1.54, 1.807) is 6.07 Å². The van der Waals surface area contributed by atoms with Crippen LogP contribution < -0.4 is 15.8 Å². The maximum atomic E-state index is 12.8. The van der Waals surface area contributed by atoms with Crippen LogP contribution in [0, 0.1) is 6.92 Å². The van der Waals surface area contributed by atoms with Crippen LogP contribution in [0.4, 0.5) is 17.3 Å². The van der Waals surface area contributed by atoms with Gasteiger partial charge in [-0.3, -0.25) is 14.3 Å². The summed E-state index contributed by atoms with van der Waals surface area (Å²) in [5.41, 5.74) is 4.02. The fraction of sp³-hybridized carbons (Fsp3) is 0.500. The third kappa shape index (κ3) is 4.22. The molecule has 0 spiro atoms. The van der Waals surface area contributed by atoms with E-state index < -0.39 is 0 Å². The van der Waals surface area contributed by atoms with Crippen molar-refractivity contribution in [3.05, 3.63) is 52.4 Å². The molecule has 7 nitrogen and oxygen atoms in total. The molecule has 0 unspecified atom stereocenters. The standard InChI is InChI=1S/C26H34N6O/c1-18-15-23(33)32(21-7-5-6-8-21)24-22(18)16-27-25(29-24)28-19-9-11-20(12-10-19)31-14-13-30(4)26(2,3)17-31/h9-12,15-16,21H,5-8,13-14,17H2,1-4H3,(H,27,28,29). The highest BCUT2D eigenvalue weighted by atomic mass is 16.1. The number of anilines is 3. The topological polar surface area (TPSA) is 66.3 Å². The van der Waals surface area contributed by atoms with Crippen LogP contribution in [0.15, 0.2) is 41.3 Å². The SMILES string of the molecule is Cc1cc(=O)n(C2CCCC2)c2nc(Nc3ccc(N4CCN(C)C(C)(C)C4)cc3)ncc12. The van der Waals surface area contributed by atoms with Crippen LogP contribution in [-0.2, 0) is 0 Å². The van der Waals surface area contributed by atoms with Crippen LogP contribution in [0.25, 0.3) is 11.0 Å². The lowest BCUT2D eigenvalue weighted by Gasteiger charge is -2.46. The maximum absolute atomic E-state index is 12.8. The predicted molar refractivity (Wildman–Crippen MR) is 135 cm³/mol. The van der Waals surface area contributed by atoms with Crippen LogP contribution in [0.3, 0.4) is 0 Å². The summed E-state index contributed by atoms with van der Waals surface area (Å²) in [4.78, 5) is 27.1. The van der Waals surface area contributed by atoms with Gasteiger partial charge in [-0.15, -0.1) is 0 Å². The zero-order chi connectivity index (χ0) is 23.2. The summed E-state index contributed by atoms with van der Waals surface area (Å²) in [5, 5.41) is 4.29. The fourth-order valence-electron chi connectivity index (χ4n) is 5.19. The minimum absolute atomic E-state index is 0.0380. The molecule has 1 aliphatic heterocycles. The highest BCUT2D eigenvalue weighted by Gasteiger charge is 2.31. The zero-order valence-electron chi connectivity index (χ0n) is 20.1. The molecular weight excluding hydrogens is 412 g/mol. The first kappa shape index (κ1) is 21.9. The second-order valence-corrected chi connectivity index (χ2v) is 10.2. The average molecular weight is 447 g/mol. The highest BCUT2D eigenvalue weighted by molar-refractivity contribution is 5.79. The van der Waals surface area contributed by atoms with Crippen molar-refractivity contribution in [2.45, 2.75) is 58.0 Å². The molecule has 7 heteroatoms. The van der Waals surface area contributed by atoms with Gasteiger partial charge < -0.3 is 10.2 Å². The Balaban J connectivity index is 1.40. The van der Waals surface area contributed by atoms with Gasteiger partial charge in [-0.25, -0.2) is 4.98 Å². The molecule has 0 amide bonds. The van der Waals surface area contributed by atoms with Crippen molar-refractivity contribution < 1.29 is 0 Å². The van der Waals surface area contributed by atoms with E-state index in [9.17, 15) is 4.79 Å². The molecular formula is C26H34N6O. The number of likely N-dealkylation sites (N-methyl/N-ethyl adjacent to an activating group) is 1. The molecule has 1 aliphatic carbocycles. The van der Waals surface area contributed by atoms with Crippen molar-refractivity contribution in [1.29, 1.82) is 0 Å². The van der Waals surface area contributed by atoms with E-state index in [-0.39, 0.29) is 17.1 Å². The number of benzene rings is 1. The van der Waals surface area contributed by atoms with Gasteiger partial charge in [-0.05, 0) is 70.5 Å². The Morgan fingerprint density at radius 2 is 1.82 bits per heavy atom. The van der Waals surface area contributed by atoms with E-state index >= 15 is 0 Å². The number of fused-ring (bicyclic) bond motifs is 1. The zero-order valence-corrected chi connectivity index (χ0v) is 20.1. The third-order valence-corrected chi connectivity index (χ3v) is 7.49. The molecule has 3 heterocycles. The first-order chi connectivity index (χ1) is 15.8. The van der Waals surface area contributed by atoms with Gasteiger partial charge in [0.15, 0.2) is 0 Å². The van der Waals surface area contributed by atoms with E-state index in [2.05, 4.69) is 65.3 Å². The van der Waals surface area contributed by atoms with Gasteiger partial charge in [0.2, 0.25) is 5.95 Å². The lowest BCUT2D eigenvalue weighted by atomic mass is 9.99. The molecule has 2 fully saturated rings. The van der Waals surface area contributed by atoms with Crippen LogP contribution in [0.1, 0.15) is 51.1 Å². The molecule has 1 saturated heterocycles. The molecule has 1 saturated carbocycles. The fourth-order valence-corrected chi connectivity index (χ4v) is 5.19. The number of pyridine rings is 1. The molecule has 0 bridgehead atoms. The van der Waals surface area contributed by atoms with Crippen LogP contribution in [0.2, 0.25) is 0 Å². The van der Waals surface area contributed by atoms with Crippen molar-refractivity contribution in [2.24, 2.45) is 0 Å². The molecule has 5 rings (SSSR count). The number of hydrogen-bond acceptors (Lipinski definition) is 6. The minimum Gasteiger partial charge on any atom is -0.368 e. The van der Waals surface area contributed by atoms with Gasteiger partial charge in [0.05, 0.1) is 0 Å². The number of aryl methyl sites for hydroxylation is 1. The number of piperazine rings is 1. The van der Waals surface area contributed by atoms with E-state index in [0.717, 1.165) is 54.8 Å².